The van der Waals surface area contributed by atoms with Gasteiger partial charge in [-0.2, -0.15) is 0 Å². The number of hydrogen-bond donors (Lipinski definition) is 1. The van der Waals surface area contributed by atoms with E-state index < -0.39 is 5.60 Å². The molecule has 1 heterocycles. The standard InChI is InChI=1S/C9H19NO.C2H6/c1-4-10-7-5-6-8(10)9(2,3)11;1-2/h8,11H,4-7H2,1-3H3;1-2H3. The minimum Gasteiger partial charge on any atom is -0.389 e. The molecular formula is C11H25NO. The predicted octanol–water partition coefficient (Wildman–Crippen LogP) is 2.27. The molecule has 1 atom stereocenters. The van der Waals surface area contributed by atoms with E-state index in [2.05, 4.69) is 11.8 Å². The van der Waals surface area contributed by atoms with Gasteiger partial charge in [0.05, 0.1) is 5.60 Å². The van der Waals surface area contributed by atoms with Gasteiger partial charge < -0.3 is 5.11 Å². The van der Waals surface area contributed by atoms with Crippen molar-refractivity contribution in [2.75, 3.05) is 13.1 Å². The second kappa shape index (κ2) is 5.61. The molecule has 1 rings (SSSR count). The molecule has 0 aliphatic carbocycles. The molecule has 1 N–H and O–H groups in total. The Morgan fingerprint density at radius 3 is 2.23 bits per heavy atom. The Balaban J connectivity index is 0.000000671. The van der Waals surface area contributed by atoms with Gasteiger partial charge in [0, 0.05) is 6.04 Å². The molecule has 0 aromatic rings. The van der Waals surface area contributed by atoms with Crippen molar-refractivity contribution in [2.45, 2.75) is 59.1 Å². The van der Waals surface area contributed by atoms with Gasteiger partial charge in [-0.25, -0.2) is 0 Å². The highest BCUT2D eigenvalue weighted by Gasteiger charge is 2.34. The summed E-state index contributed by atoms with van der Waals surface area (Å²) in [6.07, 6.45) is 2.39. The quantitative estimate of drug-likeness (QED) is 0.717. The van der Waals surface area contributed by atoms with E-state index in [-0.39, 0.29) is 0 Å². The van der Waals surface area contributed by atoms with Crippen LogP contribution in [0.25, 0.3) is 0 Å². The Hall–Kier alpha value is -0.0800. The lowest BCUT2D eigenvalue weighted by atomic mass is 9.97. The Morgan fingerprint density at radius 1 is 1.38 bits per heavy atom. The first-order valence-corrected chi connectivity index (χ1v) is 5.52. The smallest absolute Gasteiger partial charge is 0.0746 e. The highest BCUT2D eigenvalue weighted by molar-refractivity contribution is 4.89. The normalized spacial score (nSPS) is 24.0. The molecular weight excluding hydrogens is 162 g/mol. The van der Waals surface area contributed by atoms with Crippen molar-refractivity contribution in [3.63, 3.8) is 0 Å². The molecule has 0 saturated carbocycles. The van der Waals surface area contributed by atoms with E-state index in [9.17, 15) is 5.11 Å². The number of rotatable bonds is 2. The molecule has 0 radical (unpaired) electrons. The molecule has 0 aromatic heterocycles. The third-order valence-corrected chi connectivity index (χ3v) is 2.59. The second-order valence-electron chi connectivity index (χ2n) is 3.94. The van der Waals surface area contributed by atoms with Gasteiger partial charge in [-0.15, -0.1) is 0 Å². The van der Waals surface area contributed by atoms with Gasteiger partial charge in [-0.1, -0.05) is 20.8 Å². The van der Waals surface area contributed by atoms with E-state index in [0.717, 1.165) is 19.5 Å². The molecule has 1 aliphatic rings. The summed E-state index contributed by atoms with van der Waals surface area (Å²) >= 11 is 0. The van der Waals surface area contributed by atoms with Gasteiger partial charge in [0.25, 0.3) is 0 Å². The van der Waals surface area contributed by atoms with Crippen LogP contribution in [0.3, 0.4) is 0 Å². The summed E-state index contributed by atoms with van der Waals surface area (Å²) in [5, 5.41) is 9.78. The lowest BCUT2D eigenvalue weighted by molar-refractivity contribution is -0.000622. The van der Waals surface area contributed by atoms with Gasteiger partial charge >= 0.3 is 0 Å². The van der Waals surface area contributed by atoms with Crippen molar-refractivity contribution in [2.24, 2.45) is 0 Å². The van der Waals surface area contributed by atoms with Crippen LogP contribution in [0, 0.1) is 0 Å². The largest absolute Gasteiger partial charge is 0.389 e. The Kier molecular flexibility index (Phi) is 5.57. The maximum Gasteiger partial charge on any atom is 0.0746 e. The van der Waals surface area contributed by atoms with E-state index >= 15 is 0 Å². The van der Waals surface area contributed by atoms with E-state index in [4.69, 9.17) is 0 Å². The lowest BCUT2D eigenvalue weighted by Crippen LogP contribution is -2.45. The van der Waals surface area contributed by atoms with Crippen molar-refractivity contribution in [3.8, 4) is 0 Å². The fourth-order valence-corrected chi connectivity index (χ4v) is 2.00. The van der Waals surface area contributed by atoms with Gasteiger partial charge in [0.15, 0.2) is 0 Å². The fraction of sp³-hybridized carbons (Fsp3) is 1.00. The summed E-state index contributed by atoms with van der Waals surface area (Å²) in [5.74, 6) is 0. The van der Waals surface area contributed by atoms with Crippen LogP contribution in [0.5, 0.6) is 0 Å². The number of aliphatic hydroxyl groups is 1. The molecule has 0 amide bonds. The summed E-state index contributed by atoms with van der Waals surface area (Å²) in [5.41, 5.74) is -0.521. The zero-order valence-corrected chi connectivity index (χ0v) is 9.80. The average Bonchev–Trinajstić information content (AvgIpc) is 2.54. The molecule has 2 nitrogen and oxygen atoms in total. The first-order chi connectivity index (χ1) is 6.05. The predicted molar refractivity (Wildman–Crippen MR) is 57.9 cm³/mol. The maximum absolute atomic E-state index is 9.78. The zero-order valence-electron chi connectivity index (χ0n) is 9.80. The molecule has 1 saturated heterocycles. The Morgan fingerprint density at radius 2 is 1.92 bits per heavy atom. The first kappa shape index (κ1) is 12.9. The maximum atomic E-state index is 9.78. The topological polar surface area (TPSA) is 23.5 Å². The van der Waals surface area contributed by atoms with Crippen LogP contribution < -0.4 is 0 Å². The van der Waals surface area contributed by atoms with E-state index in [1.165, 1.54) is 6.42 Å². The lowest BCUT2D eigenvalue weighted by Gasteiger charge is -2.32. The van der Waals surface area contributed by atoms with E-state index in [0.29, 0.717) is 6.04 Å². The van der Waals surface area contributed by atoms with Crippen molar-refractivity contribution in [3.05, 3.63) is 0 Å². The summed E-state index contributed by atoms with van der Waals surface area (Å²) in [6, 6.07) is 0.382. The van der Waals surface area contributed by atoms with Crippen LogP contribution in [0.15, 0.2) is 0 Å². The third kappa shape index (κ3) is 3.65. The van der Waals surface area contributed by atoms with E-state index in [1.807, 2.05) is 27.7 Å². The summed E-state index contributed by atoms with van der Waals surface area (Å²) < 4.78 is 0. The minimum absolute atomic E-state index is 0.382. The monoisotopic (exact) mass is 187 g/mol. The Bertz CT molecular complexity index is 129. The highest BCUT2D eigenvalue weighted by atomic mass is 16.3. The van der Waals surface area contributed by atoms with E-state index in [1.54, 1.807) is 0 Å². The number of hydrogen-bond acceptors (Lipinski definition) is 2. The van der Waals surface area contributed by atoms with Crippen LogP contribution in [0.2, 0.25) is 0 Å². The van der Waals surface area contributed by atoms with Gasteiger partial charge in [-0.3, -0.25) is 4.90 Å². The van der Waals surface area contributed by atoms with Crippen molar-refractivity contribution < 1.29 is 5.11 Å². The fourth-order valence-electron chi connectivity index (χ4n) is 2.00. The average molecular weight is 187 g/mol. The first-order valence-electron chi connectivity index (χ1n) is 5.52. The molecule has 0 bridgehead atoms. The number of likely N-dealkylation sites (tertiary alicyclic amines) is 1. The second-order valence-corrected chi connectivity index (χ2v) is 3.94. The third-order valence-electron chi connectivity index (χ3n) is 2.59. The number of likely N-dealkylation sites (N-methyl/N-ethyl adjacent to an activating group) is 1. The van der Waals surface area contributed by atoms with Crippen molar-refractivity contribution in [1.82, 2.24) is 4.90 Å². The van der Waals surface area contributed by atoms with Crippen LogP contribution >= 0.6 is 0 Å². The van der Waals surface area contributed by atoms with Gasteiger partial charge in [0.1, 0.15) is 0 Å². The van der Waals surface area contributed by atoms with Crippen molar-refractivity contribution in [1.29, 1.82) is 0 Å². The van der Waals surface area contributed by atoms with Crippen LogP contribution in [0.4, 0.5) is 0 Å². The summed E-state index contributed by atoms with van der Waals surface area (Å²) in [7, 11) is 0. The number of nitrogens with zero attached hydrogens (tertiary/aromatic N) is 1. The molecule has 1 unspecified atom stereocenters. The van der Waals surface area contributed by atoms with Crippen molar-refractivity contribution >= 4 is 0 Å². The van der Waals surface area contributed by atoms with Crippen LogP contribution in [0.1, 0.15) is 47.5 Å². The molecule has 80 valence electrons. The molecule has 0 spiro atoms. The summed E-state index contributed by atoms with van der Waals surface area (Å²) in [6.45, 7) is 12.2. The summed E-state index contributed by atoms with van der Waals surface area (Å²) in [4.78, 5) is 2.36. The minimum atomic E-state index is -0.521. The van der Waals surface area contributed by atoms with Gasteiger partial charge in [0.2, 0.25) is 0 Å². The zero-order chi connectivity index (χ0) is 10.5. The molecule has 1 fully saturated rings. The molecule has 2 heteroatoms. The molecule has 13 heavy (non-hydrogen) atoms. The van der Waals surface area contributed by atoms with Crippen LogP contribution in [-0.4, -0.2) is 34.7 Å². The molecule has 1 aliphatic heterocycles. The molecule has 0 aromatic carbocycles. The van der Waals surface area contributed by atoms with Crippen LogP contribution in [-0.2, 0) is 0 Å². The highest BCUT2D eigenvalue weighted by Crippen LogP contribution is 2.25. The van der Waals surface area contributed by atoms with Gasteiger partial charge in [-0.05, 0) is 39.8 Å². The Labute approximate surface area is 82.9 Å². The SMILES string of the molecule is CC.CCN1CCCC1C(C)(C)O.